The zero-order chi connectivity index (χ0) is 19.5. The van der Waals surface area contributed by atoms with E-state index in [1.54, 1.807) is 12.4 Å². The number of likely N-dealkylation sites (N-methyl/N-ethyl adjacent to an activating group) is 1. The third-order valence-corrected chi connectivity index (χ3v) is 5.33. The van der Waals surface area contributed by atoms with Gasteiger partial charge in [-0.15, -0.1) is 0 Å². The predicted octanol–water partition coefficient (Wildman–Crippen LogP) is 2.34. The van der Waals surface area contributed by atoms with Crippen LogP contribution in [0, 0.1) is 0 Å². The summed E-state index contributed by atoms with van der Waals surface area (Å²) in [4.78, 5) is 28.8. The lowest BCUT2D eigenvalue weighted by molar-refractivity contribution is 0.0953. The molecule has 28 heavy (non-hydrogen) atoms. The van der Waals surface area contributed by atoms with Gasteiger partial charge in [0, 0.05) is 67.2 Å². The van der Waals surface area contributed by atoms with Crippen molar-refractivity contribution in [3.05, 3.63) is 52.9 Å². The van der Waals surface area contributed by atoms with E-state index in [-0.39, 0.29) is 5.91 Å². The average Bonchev–Trinajstić information content (AvgIpc) is 3.11. The topological polar surface area (TPSA) is 77.1 Å². The molecule has 0 saturated carbocycles. The summed E-state index contributed by atoms with van der Waals surface area (Å²) in [6.45, 7) is 4.31. The number of hydrogen-bond donors (Lipinski definition) is 2. The van der Waals surface area contributed by atoms with Crippen LogP contribution in [0.25, 0.3) is 10.9 Å². The van der Waals surface area contributed by atoms with Crippen molar-refractivity contribution in [1.29, 1.82) is 0 Å². The van der Waals surface area contributed by atoms with E-state index in [0.717, 1.165) is 42.6 Å². The van der Waals surface area contributed by atoms with Crippen LogP contribution in [0.5, 0.6) is 0 Å². The van der Waals surface area contributed by atoms with Crippen molar-refractivity contribution in [2.75, 3.05) is 44.7 Å². The molecule has 1 aromatic carbocycles. The van der Waals surface area contributed by atoms with Crippen LogP contribution in [0.1, 0.15) is 15.9 Å². The van der Waals surface area contributed by atoms with Gasteiger partial charge >= 0.3 is 0 Å². The Morgan fingerprint density at radius 2 is 1.96 bits per heavy atom. The molecule has 1 fully saturated rings. The molecule has 1 aliphatic rings. The molecule has 2 N–H and O–H groups in total. The van der Waals surface area contributed by atoms with Gasteiger partial charge in [-0.2, -0.15) is 0 Å². The Bertz CT molecular complexity index is 962. The third kappa shape index (κ3) is 4.10. The predicted molar refractivity (Wildman–Crippen MR) is 111 cm³/mol. The maximum Gasteiger partial charge on any atom is 0.254 e. The molecule has 0 spiro atoms. The summed E-state index contributed by atoms with van der Waals surface area (Å²) in [5.41, 5.74) is 2.64. The van der Waals surface area contributed by atoms with Crippen LogP contribution < -0.4 is 10.2 Å². The molecule has 0 aliphatic carbocycles. The smallest absolute Gasteiger partial charge is 0.254 e. The van der Waals surface area contributed by atoms with Gasteiger partial charge < -0.3 is 20.1 Å². The SMILES string of the molecule is CN1CCN(c2ncc(C(=O)NCCc3c[nH]c4ccc(Cl)cc34)cn2)CC1. The molecule has 1 saturated heterocycles. The molecule has 3 heterocycles. The number of halogens is 1. The summed E-state index contributed by atoms with van der Waals surface area (Å²) in [6, 6.07) is 5.76. The monoisotopic (exact) mass is 398 g/mol. The van der Waals surface area contributed by atoms with Crippen molar-refractivity contribution in [2.24, 2.45) is 0 Å². The number of carbonyl (C=O) groups is 1. The number of benzene rings is 1. The van der Waals surface area contributed by atoms with E-state index >= 15 is 0 Å². The highest BCUT2D eigenvalue weighted by atomic mass is 35.5. The number of rotatable bonds is 5. The fourth-order valence-electron chi connectivity index (χ4n) is 3.38. The number of aromatic nitrogens is 3. The van der Waals surface area contributed by atoms with E-state index in [1.165, 1.54) is 0 Å². The number of aromatic amines is 1. The number of anilines is 1. The molecule has 0 unspecified atom stereocenters. The Kier molecular flexibility index (Phi) is 5.45. The van der Waals surface area contributed by atoms with Gasteiger partial charge in [-0.05, 0) is 37.2 Å². The van der Waals surface area contributed by atoms with Crippen LogP contribution in [0.4, 0.5) is 5.95 Å². The Balaban J connectivity index is 1.33. The average molecular weight is 399 g/mol. The molecular formula is C20H23ClN6O. The largest absolute Gasteiger partial charge is 0.361 e. The molecule has 1 amide bonds. The van der Waals surface area contributed by atoms with Gasteiger partial charge in [-0.3, -0.25) is 4.79 Å². The summed E-state index contributed by atoms with van der Waals surface area (Å²) in [6.07, 6.45) is 5.87. The van der Waals surface area contributed by atoms with Gasteiger partial charge in [0.2, 0.25) is 5.95 Å². The number of piperazine rings is 1. The standard InChI is InChI=1S/C20H23ClN6O/c1-26-6-8-27(9-7-26)20-24-12-15(13-25-20)19(28)22-5-4-14-11-23-18-3-2-16(21)10-17(14)18/h2-3,10-13,23H,4-9H2,1H3,(H,22,28). The van der Waals surface area contributed by atoms with Crippen molar-refractivity contribution < 1.29 is 4.79 Å². The molecule has 4 rings (SSSR count). The maximum absolute atomic E-state index is 12.4. The van der Waals surface area contributed by atoms with Crippen LogP contribution in [-0.4, -0.2) is 65.5 Å². The van der Waals surface area contributed by atoms with Gasteiger partial charge in [0.15, 0.2) is 0 Å². The Morgan fingerprint density at radius 3 is 2.71 bits per heavy atom. The second-order valence-corrected chi connectivity index (χ2v) is 7.51. The number of fused-ring (bicyclic) bond motifs is 1. The molecule has 0 bridgehead atoms. The van der Waals surface area contributed by atoms with Crippen LogP contribution in [0.2, 0.25) is 5.02 Å². The van der Waals surface area contributed by atoms with E-state index in [2.05, 4.69) is 37.1 Å². The highest BCUT2D eigenvalue weighted by Crippen LogP contribution is 2.22. The Labute approximate surface area is 168 Å². The molecule has 3 aromatic rings. The molecule has 2 aromatic heterocycles. The van der Waals surface area contributed by atoms with Gasteiger partial charge in [0.1, 0.15) is 0 Å². The molecule has 8 heteroatoms. The van der Waals surface area contributed by atoms with E-state index < -0.39 is 0 Å². The van der Waals surface area contributed by atoms with E-state index in [1.807, 2.05) is 24.4 Å². The zero-order valence-corrected chi connectivity index (χ0v) is 16.5. The van der Waals surface area contributed by atoms with E-state index in [9.17, 15) is 4.79 Å². The van der Waals surface area contributed by atoms with Crippen LogP contribution in [0.15, 0.2) is 36.8 Å². The molecule has 146 valence electrons. The quantitative estimate of drug-likeness (QED) is 0.689. The lowest BCUT2D eigenvalue weighted by Crippen LogP contribution is -2.45. The molecule has 1 aliphatic heterocycles. The summed E-state index contributed by atoms with van der Waals surface area (Å²) in [7, 11) is 2.11. The second-order valence-electron chi connectivity index (χ2n) is 7.07. The van der Waals surface area contributed by atoms with Crippen LogP contribution >= 0.6 is 11.6 Å². The van der Waals surface area contributed by atoms with Crippen LogP contribution in [-0.2, 0) is 6.42 Å². The number of nitrogens with one attached hydrogen (secondary N) is 2. The van der Waals surface area contributed by atoms with Gasteiger partial charge in [-0.25, -0.2) is 9.97 Å². The Morgan fingerprint density at radius 1 is 1.21 bits per heavy atom. The summed E-state index contributed by atoms with van der Waals surface area (Å²) >= 11 is 6.08. The fourth-order valence-corrected chi connectivity index (χ4v) is 3.55. The first-order valence-electron chi connectivity index (χ1n) is 9.39. The van der Waals surface area contributed by atoms with Gasteiger partial charge in [0.05, 0.1) is 5.56 Å². The zero-order valence-electron chi connectivity index (χ0n) is 15.8. The van der Waals surface area contributed by atoms with Gasteiger partial charge in [0.25, 0.3) is 5.91 Å². The van der Waals surface area contributed by atoms with E-state index in [4.69, 9.17) is 11.6 Å². The minimum atomic E-state index is -0.164. The van der Waals surface area contributed by atoms with Crippen molar-refractivity contribution in [3.8, 4) is 0 Å². The maximum atomic E-state index is 12.4. The van der Waals surface area contributed by atoms with Crippen molar-refractivity contribution in [2.45, 2.75) is 6.42 Å². The second kappa shape index (κ2) is 8.16. The number of carbonyl (C=O) groups excluding carboxylic acids is 1. The number of amides is 1. The summed E-state index contributed by atoms with van der Waals surface area (Å²) in [5, 5.41) is 4.72. The Hall–Kier alpha value is -2.64. The summed E-state index contributed by atoms with van der Waals surface area (Å²) < 4.78 is 0. The van der Waals surface area contributed by atoms with Crippen molar-refractivity contribution in [3.63, 3.8) is 0 Å². The molecular weight excluding hydrogens is 376 g/mol. The highest BCUT2D eigenvalue weighted by Gasteiger charge is 2.17. The van der Waals surface area contributed by atoms with Crippen molar-refractivity contribution in [1.82, 2.24) is 25.2 Å². The first-order chi connectivity index (χ1) is 13.6. The third-order valence-electron chi connectivity index (χ3n) is 5.10. The molecule has 0 radical (unpaired) electrons. The fraction of sp³-hybridized carbons (Fsp3) is 0.350. The first kappa shape index (κ1) is 18.7. The number of hydrogen-bond acceptors (Lipinski definition) is 5. The van der Waals surface area contributed by atoms with Crippen LogP contribution in [0.3, 0.4) is 0 Å². The molecule has 7 nitrogen and oxygen atoms in total. The van der Waals surface area contributed by atoms with Crippen molar-refractivity contribution >= 4 is 34.4 Å². The number of H-pyrrole nitrogens is 1. The lowest BCUT2D eigenvalue weighted by atomic mass is 10.1. The minimum Gasteiger partial charge on any atom is -0.361 e. The number of nitrogens with zero attached hydrogens (tertiary/aromatic N) is 4. The van der Waals surface area contributed by atoms with E-state index in [0.29, 0.717) is 29.5 Å². The molecule has 0 atom stereocenters. The first-order valence-corrected chi connectivity index (χ1v) is 9.77. The van der Waals surface area contributed by atoms with Gasteiger partial charge in [-0.1, -0.05) is 11.6 Å². The normalized spacial score (nSPS) is 15.1. The summed E-state index contributed by atoms with van der Waals surface area (Å²) in [5.74, 6) is 0.517. The highest BCUT2D eigenvalue weighted by molar-refractivity contribution is 6.31. The lowest BCUT2D eigenvalue weighted by Gasteiger charge is -2.32. The minimum absolute atomic E-state index is 0.164.